The largest absolute Gasteiger partial charge is 0.379 e. The monoisotopic (exact) mass is 271 g/mol. The first-order chi connectivity index (χ1) is 9.10. The molecular weight excluding hydrogens is 242 g/mol. The van der Waals surface area contributed by atoms with E-state index in [2.05, 4.69) is 31.2 Å². The zero-order valence-electron chi connectivity index (χ0n) is 12.8. The molecule has 0 radical (unpaired) electrons. The molecule has 0 saturated carbocycles. The number of carbonyl (C=O) groups excluding carboxylic acids is 1. The van der Waals surface area contributed by atoms with E-state index in [1.165, 1.54) is 0 Å². The van der Waals surface area contributed by atoms with Gasteiger partial charge in [-0.05, 0) is 40.5 Å². The van der Waals surface area contributed by atoms with Crippen LogP contribution in [0.4, 0.5) is 0 Å². The lowest BCUT2D eigenvalue weighted by atomic mass is 10.0. The fourth-order valence-corrected chi connectivity index (χ4v) is 2.50. The lowest BCUT2D eigenvalue weighted by molar-refractivity contribution is -0.135. The minimum absolute atomic E-state index is 0.0146. The smallest absolute Gasteiger partial charge is 0.229 e. The third-order valence-electron chi connectivity index (χ3n) is 3.59. The molecule has 19 heavy (non-hydrogen) atoms. The number of likely N-dealkylation sites (N-methyl/N-ethyl adjacent to an activating group) is 1. The lowest BCUT2D eigenvalue weighted by Crippen LogP contribution is -2.46. The van der Waals surface area contributed by atoms with Gasteiger partial charge in [0.05, 0.1) is 19.1 Å². The second-order valence-corrected chi connectivity index (χ2v) is 5.38. The van der Waals surface area contributed by atoms with E-state index in [9.17, 15) is 4.79 Å². The highest BCUT2D eigenvalue weighted by Gasteiger charge is 2.35. The summed E-state index contributed by atoms with van der Waals surface area (Å²) in [5.74, 6) is 0.226. The van der Waals surface area contributed by atoms with Gasteiger partial charge in [-0.3, -0.25) is 4.79 Å². The molecule has 1 N–H and O–H groups in total. The number of amides is 1. The number of hydrogen-bond acceptors (Lipinski definition) is 4. The summed E-state index contributed by atoms with van der Waals surface area (Å²) in [5.41, 5.74) is 0. The van der Waals surface area contributed by atoms with Crippen LogP contribution in [-0.2, 0) is 9.53 Å². The molecule has 1 saturated heterocycles. The van der Waals surface area contributed by atoms with Crippen LogP contribution in [0.1, 0.15) is 20.3 Å². The van der Waals surface area contributed by atoms with E-state index in [-0.39, 0.29) is 17.9 Å². The molecule has 1 aliphatic heterocycles. The molecular formula is C14H29N3O2. The summed E-state index contributed by atoms with van der Waals surface area (Å²) in [5, 5.41) is 3.35. The van der Waals surface area contributed by atoms with Crippen molar-refractivity contribution in [3.63, 3.8) is 0 Å². The van der Waals surface area contributed by atoms with Crippen LogP contribution >= 0.6 is 0 Å². The maximum Gasteiger partial charge on any atom is 0.229 e. The number of ether oxygens (including phenoxy) is 1. The molecule has 0 aliphatic carbocycles. The predicted octanol–water partition coefficient (Wildman–Crippen LogP) is 0.411. The normalized spacial score (nSPS) is 23.0. The topological polar surface area (TPSA) is 44.8 Å². The Hall–Kier alpha value is -0.650. The van der Waals surface area contributed by atoms with E-state index in [1.54, 1.807) is 0 Å². The summed E-state index contributed by atoms with van der Waals surface area (Å²) in [4.78, 5) is 16.6. The molecule has 5 nitrogen and oxygen atoms in total. The Morgan fingerprint density at radius 1 is 1.26 bits per heavy atom. The van der Waals surface area contributed by atoms with Gasteiger partial charge in [-0.15, -0.1) is 0 Å². The number of rotatable bonds is 8. The standard InChI is InChI=1S/C14H29N3O2/c1-5-15-13-11-19-10-12(13)14(18)17(6-2)9-7-8-16(3)4/h12-13,15H,5-11H2,1-4H3. The summed E-state index contributed by atoms with van der Waals surface area (Å²) in [7, 11) is 4.12. The van der Waals surface area contributed by atoms with Gasteiger partial charge in [-0.2, -0.15) is 0 Å². The first-order valence-corrected chi connectivity index (χ1v) is 7.34. The van der Waals surface area contributed by atoms with Gasteiger partial charge in [0.1, 0.15) is 0 Å². The first kappa shape index (κ1) is 16.4. The van der Waals surface area contributed by atoms with Crippen LogP contribution in [0, 0.1) is 5.92 Å². The van der Waals surface area contributed by atoms with Crippen molar-refractivity contribution >= 4 is 5.91 Å². The first-order valence-electron chi connectivity index (χ1n) is 7.34. The van der Waals surface area contributed by atoms with E-state index < -0.39 is 0 Å². The number of nitrogens with zero attached hydrogens (tertiary/aromatic N) is 2. The summed E-state index contributed by atoms with van der Waals surface area (Å²) >= 11 is 0. The minimum atomic E-state index is -0.0146. The SMILES string of the molecule is CCNC1COCC1C(=O)N(CC)CCCN(C)C. The average Bonchev–Trinajstić information content (AvgIpc) is 2.82. The van der Waals surface area contributed by atoms with Gasteiger partial charge in [0, 0.05) is 19.1 Å². The van der Waals surface area contributed by atoms with Crippen LogP contribution in [0.15, 0.2) is 0 Å². The number of carbonyl (C=O) groups is 1. The molecule has 1 fully saturated rings. The lowest BCUT2D eigenvalue weighted by Gasteiger charge is -2.27. The van der Waals surface area contributed by atoms with Crippen LogP contribution in [0.3, 0.4) is 0 Å². The Bertz CT molecular complexity index is 271. The highest BCUT2D eigenvalue weighted by molar-refractivity contribution is 5.80. The molecule has 5 heteroatoms. The van der Waals surface area contributed by atoms with Crippen molar-refractivity contribution in [3.05, 3.63) is 0 Å². The maximum absolute atomic E-state index is 12.5. The van der Waals surface area contributed by atoms with E-state index in [0.717, 1.165) is 32.6 Å². The summed E-state index contributed by atoms with van der Waals surface area (Å²) < 4.78 is 5.46. The van der Waals surface area contributed by atoms with Gasteiger partial charge in [-0.1, -0.05) is 6.92 Å². The zero-order valence-corrected chi connectivity index (χ0v) is 12.8. The molecule has 112 valence electrons. The fraction of sp³-hybridized carbons (Fsp3) is 0.929. The van der Waals surface area contributed by atoms with Crippen LogP contribution < -0.4 is 5.32 Å². The van der Waals surface area contributed by atoms with Gasteiger partial charge in [-0.25, -0.2) is 0 Å². The molecule has 0 spiro atoms. The van der Waals surface area contributed by atoms with E-state index in [4.69, 9.17) is 4.74 Å². The van der Waals surface area contributed by atoms with Crippen molar-refractivity contribution in [2.75, 3.05) is 53.5 Å². The quantitative estimate of drug-likeness (QED) is 0.694. The number of hydrogen-bond donors (Lipinski definition) is 1. The summed E-state index contributed by atoms with van der Waals surface area (Å²) in [6, 6.07) is 0.181. The fourth-order valence-electron chi connectivity index (χ4n) is 2.50. The van der Waals surface area contributed by atoms with Gasteiger partial charge in [0.25, 0.3) is 0 Å². The van der Waals surface area contributed by atoms with Crippen LogP contribution in [0.25, 0.3) is 0 Å². The van der Waals surface area contributed by atoms with Gasteiger partial charge in [0.15, 0.2) is 0 Å². The van der Waals surface area contributed by atoms with Crippen molar-refractivity contribution in [1.82, 2.24) is 15.1 Å². The summed E-state index contributed by atoms with van der Waals surface area (Å²) in [6.07, 6.45) is 1.02. The molecule has 0 bridgehead atoms. The van der Waals surface area contributed by atoms with Gasteiger partial charge in [0.2, 0.25) is 5.91 Å². The van der Waals surface area contributed by atoms with Crippen molar-refractivity contribution in [2.45, 2.75) is 26.3 Å². The summed E-state index contributed by atoms with van der Waals surface area (Å²) in [6.45, 7) is 8.83. The Morgan fingerprint density at radius 2 is 2.00 bits per heavy atom. The van der Waals surface area contributed by atoms with E-state index in [0.29, 0.717) is 13.2 Å². The molecule has 0 aromatic carbocycles. The van der Waals surface area contributed by atoms with Crippen molar-refractivity contribution < 1.29 is 9.53 Å². The van der Waals surface area contributed by atoms with Crippen molar-refractivity contribution in [3.8, 4) is 0 Å². The van der Waals surface area contributed by atoms with Crippen LogP contribution in [-0.4, -0.2) is 75.2 Å². The molecule has 1 amide bonds. The van der Waals surface area contributed by atoms with Crippen LogP contribution in [0.2, 0.25) is 0 Å². The molecule has 2 unspecified atom stereocenters. The molecule has 1 rings (SSSR count). The third kappa shape index (κ3) is 5.09. The third-order valence-corrected chi connectivity index (χ3v) is 3.59. The molecule has 1 heterocycles. The second kappa shape index (κ2) is 8.51. The highest BCUT2D eigenvalue weighted by atomic mass is 16.5. The number of nitrogens with one attached hydrogen (secondary N) is 1. The van der Waals surface area contributed by atoms with E-state index >= 15 is 0 Å². The predicted molar refractivity (Wildman–Crippen MR) is 77.2 cm³/mol. The zero-order chi connectivity index (χ0) is 14.3. The Balaban J connectivity index is 2.47. The van der Waals surface area contributed by atoms with Crippen molar-refractivity contribution in [2.24, 2.45) is 5.92 Å². The van der Waals surface area contributed by atoms with E-state index in [1.807, 2.05) is 11.8 Å². The van der Waals surface area contributed by atoms with Gasteiger partial charge >= 0.3 is 0 Å². The van der Waals surface area contributed by atoms with Crippen molar-refractivity contribution in [1.29, 1.82) is 0 Å². The highest BCUT2D eigenvalue weighted by Crippen LogP contribution is 2.17. The Kier molecular flexibility index (Phi) is 7.34. The van der Waals surface area contributed by atoms with Gasteiger partial charge < -0.3 is 19.9 Å². The Morgan fingerprint density at radius 3 is 2.58 bits per heavy atom. The molecule has 2 atom stereocenters. The Labute approximate surface area is 117 Å². The van der Waals surface area contributed by atoms with Crippen LogP contribution in [0.5, 0.6) is 0 Å². The second-order valence-electron chi connectivity index (χ2n) is 5.38. The molecule has 0 aromatic rings. The maximum atomic E-state index is 12.5. The molecule has 0 aromatic heterocycles. The minimum Gasteiger partial charge on any atom is -0.379 e. The average molecular weight is 271 g/mol. The molecule has 1 aliphatic rings.